The quantitative estimate of drug-likeness (QED) is 0.513. The lowest BCUT2D eigenvalue weighted by Gasteiger charge is -2.19. The van der Waals surface area contributed by atoms with Crippen LogP contribution in [-0.2, 0) is 9.59 Å². The van der Waals surface area contributed by atoms with Gasteiger partial charge in [0, 0.05) is 6.42 Å². The van der Waals surface area contributed by atoms with Gasteiger partial charge in [-0.3, -0.25) is 9.59 Å². The lowest BCUT2D eigenvalue weighted by atomic mass is 9.96. The van der Waals surface area contributed by atoms with E-state index in [0.29, 0.717) is 0 Å². The number of hydrogen-bond acceptors (Lipinski definition) is 3. The molecule has 12 heavy (non-hydrogen) atoms. The standard InChI is InChI=1S/C6H11FN2O3/c1-6(9,5(11)12)2-3(7)4(8)10/h3H,2,9H2,1H3,(H2,8,10)(H,11,12)/t3-,6?/m0/s1. The zero-order chi connectivity index (χ0) is 9.94. The molecule has 6 heteroatoms. The Labute approximate surface area is 68.5 Å². The molecule has 0 aromatic carbocycles. The summed E-state index contributed by atoms with van der Waals surface area (Å²) >= 11 is 0. The highest BCUT2D eigenvalue weighted by Crippen LogP contribution is 2.11. The minimum atomic E-state index is -2.02. The first-order chi connectivity index (χ1) is 5.27. The number of rotatable bonds is 4. The van der Waals surface area contributed by atoms with E-state index in [4.69, 9.17) is 10.8 Å². The number of carbonyl (C=O) groups excluding carboxylic acids is 1. The molecule has 0 aromatic rings. The van der Waals surface area contributed by atoms with Crippen LogP contribution in [0.15, 0.2) is 0 Å². The molecule has 1 amide bonds. The van der Waals surface area contributed by atoms with Gasteiger partial charge in [-0.25, -0.2) is 4.39 Å². The van der Waals surface area contributed by atoms with Crippen LogP contribution < -0.4 is 11.5 Å². The van der Waals surface area contributed by atoms with Crippen LogP contribution in [0.4, 0.5) is 4.39 Å². The molecule has 0 heterocycles. The lowest BCUT2D eigenvalue weighted by Crippen LogP contribution is -2.48. The topological polar surface area (TPSA) is 106 Å². The van der Waals surface area contributed by atoms with Crippen molar-refractivity contribution in [3.05, 3.63) is 0 Å². The number of amides is 1. The van der Waals surface area contributed by atoms with E-state index in [1.165, 1.54) is 0 Å². The largest absolute Gasteiger partial charge is 0.480 e. The summed E-state index contributed by atoms with van der Waals surface area (Å²) in [6, 6.07) is 0. The van der Waals surface area contributed by atoms with Crippen LogP contribution in [0.2, 0.25) is 0 Å². The molecule has 0 saturated heterocycles. The second kappa shape index (κ2) is 3.48. The van der Waals surface area contributed by atoms with E-state index in [-0.39, 0.29) is 0 Å². The predicted molar refractivity (Wildman–Crippen MR) is 38.9 cm³/mol. The Hall–Kier alpha value is -1.17. The van der Waals surface area contributed by atoms with Crippen molar-refractivity contribution in [2.45, 2.75) is 25.1 Å². The number of carboxylic acids is 1. The number of nitrogens with two attached hydrogens (primary N) is 2. The lowest BCUT2D eigenvalue weighted by molar-refractivity contribution is -0.143. The molecule has 0 fully saturated rings. The van der Waals surface area contributed by atoms with Crippen LogP contribution in [0.25, 0.3) is 0 Å². The van der Waals surface area contributed by atoms with Crippen molar-refractivity contribution in [3.63, 3.8) is 0 Å². The minimum absolute atomic E-state index is 0.613. The molecule has 5 nitrogen and oxygen atoms in total. The summed E-state index contributed by atoms with van der Waals surface area (Å²) in [6.07, 6.45) is -2.63. The zero-order valence-corrected chi connectivity index (χ0v) is 6.58. The molecule has 2 atom stereocenters. The van der Waals surface area contributed by atoms with Crippen molar-refractivity contribution < 1.29 is 19.1 Å². The molecule has 0 aliphatic rings. The smallest absolute Gasteiger partial charge is 0.323 e. The first-order valence-electron chi connectivity index (χ1n) is 3.23. The first kappa shape index (κ1) is 10.8. The molecule has 0 aromatic heterocycles. The number of primary amides is 1. The van der Waals surface area contributed by atoms with Crippen molar-refractivity contribution in [1.82, 2.24) is 0 Å². The normalized spacial score (nSPS) is 17.9. The number of aliphatic carboxylic acids is 1. The van der Waals surface area contributed by atoms with Gasteiger partial charge in [-0.2, -0.15) is 0 Å². The molecule has 0 spiro atoms. The maximum atomic E-state index is 12.6. The van der Waals surface area contributed by atoms with Crippen molar-refractivity contribution in [2.24, 2.45) is 11.5 Å². The highest BCUT2D eigenvalue weighted by molar-refractivity contribution is 5.82. The summed E-state index contributed by atoms with van der Waals surface area (Å²) < 4.78 is 12.6. The Kier molecular flexibility index (Phi) is 3.15. The zero-order valence-electron chi connectivity index (χ0n) is 6.58. The Bertz CT molecular complexity index is 205. The number of carboxylic acid groups (broad SMARTS) is 1. The van der Waals surface area contributed by atoms with Gasteiger partial charge in [0.05, 0.1) is 0 Å². The van der Waals surface area contributed by atoms with Crippen molar-refractivity contribution >= 4 is 11.9 Å². The van der Waals surface area contributed by atoms with Gasteiger partial charge in [-0.15, -0.1) is 0 Å². The molecule has 0 saturated carbocycles. The molecule has 1 unspecified atom stereocenters. The summed E-state index contributed by atoms with van der Waals surface area (Å²) in [5.74, 6) is -2.57. The fraction of sp³-hybridized carbons (Fsp3) is 0.667. The number of hydrogen-bond donors (Lipinski definition) is 3. The fourth-order valence-electron chi connectivity index (χ4n) is 0.560. The highest BCUT2D eigenvalue weighted by Gasteiger charge is 2.33. The molecule has 0 aliphatic carbocycles. The van der Waals surface area contributed by atoms with Crippen LogP contribution >= 0.6 is 0 Å². The van der Waals surface area contributed by atoms with Crippen molar-refractivity contribution in [3.8, 4) is 0 Å². The highest BCUT2D eigenvalue weighted by atomic mass is 19.1. The summed E-state index contributed by atoms with van der Waals surface area (Å²) in [5, 5.41) is 8.43. The van der Waals surface area contributed by atoms with Crippen LogP contribution in [0, 0.1) is 0 Å². The second-order valence-electron chi connectivity index (χ2n) is 2.80. The van der Waals surface area contributed by atoms with Crippen LogP contribution in [0.1, 0.15) is 13.3 Å². The van der Waals surface area contributed by atoms with Gasteiger partial charge in [-0.1, -0.05) is 0 Å². The van der Waals surface area contributed by atoms with Gasteiger partial charge >= 0.3 is 5.97 Å². The summed E-state index contributed by atoms with van der Waals surface area (Å²) in [5.41, 5.74) is 7.98. The Balaban J connectivity index is 4.24. The maximum Gasteiger partial charge on any atom is 0.323 e. The average molecular weight is 178 g/mol. The predicted octanol–water partition coefficient (Wildman–Crippen LogP) is -0.998. The minimum Gasteiger partial charge on any atom is -0.480 e. The van der Waals surface area contributed by atoms with Crippen LogP contribution in [0.3, 0.4) is 0 Å². The summed E-state index contributed by atoms with van der Waals surface area (Å²) in [7, 11) is 0. The molecule has 0 rings (SSSR count). The van der Waals surface area contributed by atoms with Crippen molar-refractivity contribution in [2.75, 3.05) is 0 Å². The van der Waals surface area contributed by atoms with E-state index in [2.05, 4.69) is 5.73 Å². The molecule has 0 bridgehead atoms. The molecule has 70 valence electrons. The van der Waals surface area contributed by atoms with E-state index >= 15 is 0 Å². The Morgan fingerprint density at radius 1 is 1.67 bits per heavy atom. The van der Waals surface area contributed by atoms with E-state index in [0.717, 1.165) is 6.92 Å². The van der Waals surface area contributed by atoms with Gasteiger partial charge in [0.15, 0.2) is 6.17 Å². The molecular formula is C6H11FN2O3. The Morgan fingerprint density at radius 3 is 2.33 bits per heavy atom. The average Bonchev–Trinajstić information content (AvgIpc) is 1.85. The third kappa shape index (κ3) is 2.83. The van der Waals surface area contributed by atoms with Gasteiger partial charge in [0.25, 0.3) is 5.91 Å². The van der Waals surface area contributed by atoms with E-state index in [1.54, 1.807) is 0 Å². The Morgan fingerprint density at radius 2 is 2.08 bits per heavy atom. The third-order valence-corrected chi connectivity index (χ3v) is 1.40. The van der Waals surface area contributed by atoms with Gasteiger partial charge in [0.2, 0.25) is 0 Å². The second-order valence-corrected chi connectivity index (χ2v) is 2.80. The molecule has 0 aliphatic heterocycles. The van der Waals surface area contributed by atoms with Crippen LogP contribution in [-0.4, -0.2) is 28.7 Å². The van der Waals surface area contributed by atoms with Crippen molar-refractivity contribution in [1.29, 1.82) is 0 Å². The van der Waals surface area contributed by atoms with E-state index < -0.39 is 30.0 Å². The monoisotopic (exact) mass is 178 g/mol. The van der Waals surface area contributed by atoms with Gasteiger partial charge < -0.3 is 16.6 Å². The SMILES string of the molecule is CC(N)(C[C@H](F)C(N)=O)C(=O)O. The van der Waals surface area contributed by atoms with Gasteiger partial charge in [-0.05, 0) is 6.92 Å². The van der Waals surface area contributed by atoms with E-state index in [9.17, 15) is 14.0 Å². The van der Waals surface area contributed by atoms with Crippen LogP contribution in [0.5, 0.6) is 0 Å². The molecule has 5 N–H and O–H groups in total. The third-order valence-electron chi connectivity index (χ3n) is 1.40. The number of alkyl halides is 1. The maximum absolute atomic E-state index is 12.6. The van der Waals surface area contributed by atoms with E-state index in [1.807, 2.05) is 0 Å². The number of halogens is 1. The summed E-state index contributed by atoms with van der Waals surface area (Å²) in [4.78, 5) is 20.5. The molecular weight excluding hydrogens is 167 g/mol. The number of carbonyl (C=O) groups is 2. The molecule has 0 radical (unpaired) electrons. The summed E-state index contributed by atoms with van der Waals surface area (Å²) in [6.45, 7) is 1.12. The van der Waals surface area contributed by atoms with Gasteiger partial charge in [0.1, 0.15) is 5.54 Å². The first-order valence-corrected chi connectivity index (χ1v) is 3.23. The fourth-order valence-corrected chi connectivity index (χ4v) is 0.560.